The van der Waals surface area contributed by atoms with E-state index in [1.165, 1.54) is 6.07 Å². The average molecular weight is 248 g/mol. The summed E-state index contributed by atoms with van der Waals surface area (Å²) in [7, 11) is 0. The van der Waals surface area contributed by atoms with Gasteiger partial charge in [0, 0.05) is 22.3 Å². The molecule has 0 radical (unpaired) electrons. The van der Waals surface area contributed by atoms with E-state index in [4.69, 9.17) is 0 Å². The predicted octanol–water partition coefficient (Wildman–Crippen LogP) is 3.35. The summed E-state index contributed by atoms with van der Waals surface area (Å²) in [6.45, 7) is 0.755. The van der Waals surface area contributed by atoms with Crippen LogP contribution in [0, 0.1) is 0 Å². The highest BCUT2D eigenvalue weighted by Crippen LogP contribution is 2.35. The zero-order valence-corrected chi connectivity index (χ0v) is 8.37. The molecule has 0 saturated carbocycles. The summed E-state index contributed by atoms with van der Waals surface area (Å²) in [6.07, 6.45) is -1.58. The van der Waals surface area contributed by atoms with Gasteiger partial charge in [0.05, 0.1) is 0 Å². The molecular weight excluding hydrogens is 240 g/mol. The predicted molar refractivity (Wildman–Crippen MR) is 51.3 cm³/mol. The van der Waals surface area contributed by atoms with E-state index in [1.807, 2.05) is 6.07 Å². The Kier molecular flexibility index (Phi) is 2.24. The van der Waals surface area contributed by atoms with Crippen molar-refractivity contribution in [2.75, 3.05) is 11.9 Å². The Morgan fingerprint density at radius 3 is 2.85 bits per heavy atom. The molecule has 0 aliphatic carbocycles. The second kappa shape index (κ2) is 3.25. The minimum Gasteiger partial charge on any atom is -0.384 e. The number of alkyl halides is 2. The van der Waals surface area contributed by atoms with Crippen LogP contribution in [0.15, 0.2) is 16.6 Å². The van der Waals surface area contributed by atoms with Crippen molar-refractivity contribution >= 4 is 21.6 Å². The summed E-state index contributed by atoms with van der Waals surface area (Å²) >= 11 is 3.22. The van der Waals surface area contributed by atoms with Gasteiger partial charge >= 0.3 is 0 Å². The number of fused-ring (bicyclic) bond motifs is 1. The second-order valence-electron chi connectivity index (χ2n) is 3.01. The van der Waals surface area contributed by atoms with E-state index in [-0.39, 0.29) is 5.56 Å². The smallest absolute Gasteiger partial charge is 0.265 e. The van der Waals surface area contributed by atoms with Gasteiger partial charge in [-0.25, -0.2) is 8.78 Å². The number of nitrogens with one attached hydrogen (secondary N) is 1. The third-order valence-electron chi connectivity index (χ3n) is 2.15. The molecule has 0 aromatic heterocycles. The van der Waals surface area contributed by atoms with Crippen molar-refractivity contribution in [3.8, 4) is 0 Å². The van der Waals surface area contributed by atoms with Crippen LogP contribution in [0.4, 0.5) is 14.5 Å². The van der Waals surface area contributed by atoms with Gasteiger partial charge < -0.3 is 5.32 Å². The Morgan fingerprint density at radius 2 is 2.15 bits per heavy atom. The van der Waals surface area contributed by atoms with Gasteiger partial charge in [0.25, 0.3) is 6.43 Å². The third-order valence-corrected chi connectivity index (χ3v) is 2.60. The topological polar surface area (TPSA) is 12.0 Å². The molecule has 4 heteroatoms. The molecule has 1 aromatic carbocycles. The fraction of sp³-hybridized carbons (Fsp3) is 0.333. The average Bonchev–Trinajstić information content (AvgIpc) is 2.49. The summed E-state index contributed by atoms with van der Waals surface area (Å²) in [5, 5.41) is 2.98. The van der Waals surface area contributed by atoms with Crippen LogP contribution in [0.2, 0.25) is 0 Å². The van der Waals surface area contributed by atoms with Crippen LogP contribution in [0.5, 0.6) is 0 Å². The van der Waals surface area contributed by atoms with Crippen LogP contribution in [0.25, 0.3) is 0 Å². The zero-order valence-electron chi connectivity index (χ0n) is 6.78. The number of hydrogen-bond donors (Lipinski definition) is 1. The minimum atomic E-state index is -2.41. The zero-order chi connectivity index (χ0) is 9.42. The van der Waals surface area contributed by atoms with Crippen molar-refractivity contribution in [2.24, 2.45) is 0 Å². The molecule has 70 valence electrons. The van der Waals surface area contributed by atoms with Gasteiger partial charge in [0.15, 0.2) is 0 Å². The molecule has 13 heavy (non-hydrogen) atoms. The highest BCUT2D eigenvalue weighted by Gasteiger charge is 2.20. The first-order valence-electron chi connectivity index (χ1n) is 4.03. The van der Waals surface area contributed by atoms with Crippen LogP contribution in [-0.2, 0) is 6.42 Å². The molecular formula is C9H8BrF2N. The first kappa shape index (κ1) is 8.94. The minimum absolute atomic E-state index is 0.0990. The Balaban J connectivity index is 2.55. The monoisotopic (exact) mass is 247 g/mol. The third kappa shape index (κ3) is 1.55. The molecule has 0 bridgehead atoms. The fourth-order valence-corrected chi connectivity index (χ4v) is 2.12. The highest BCUT2D eigenvalue weighted by atomic mass is 79.9. The molecule has 0 atom stereocenters. The Morgan fingerprint density at radius 1 is 1.38 bits per heavy atom. The summed E-state index contributed by atoms with van der Waals surface area (Å²) in [4.78, 5) is 0. The van der Waals surface area contributed by atoms with E-state index < -0.39 is 6.43 Å². The van der Waals surface area contributed by atoms with Gasteiger partial charge in [-0.15, -0.1) is 0 Å². The molecule has 1 heterocycles. The maximum atomic E-state index is 12.5. The normalized spacial score (nSPS) is 14.5. The molecule has 1 aliphatic heterocycles. The van der Waals surface area contributed by atoms with Gasteiger partial charge in [-0.05, 0) is 24.1 Å². The Bertz CT molecular complexity index is 339. The summed E-state index contributed by atoms with van der Waals surface area (Å²) < 4.78 is 25.8. The molecule has 1 N–H and O–H groups in total. The standard InChI is InChI=1S/C9H8BrF2N/c10-6-3-5-1-2-13-8(5)7(4-6)9(11)12/h3-4,9,13H,1-2H2. The SMILES string of the molecule is FC(F)c1cc(Br)cc2c1NCC2. The van der Waals surface area contributed by atoms with Gasteiger partial charge in [-0.1, -0.05) is 15.9 Å². The van der Waals surface area contributed by atoms with Crippen LogP contribution < -0.4 is 5.32 Å². The van der Waals surface area contributed by atoms with Crippen molar-refractivity contribution in [3.63, 3.8) is 0 Å². The molecule has 0 unspecified atom stereocenters. The lowest BCUT2D eigenvalue weighted by Gasteiger charge is -2.08. The number of benzene rings is 1. The molecule has 0 spiro atoms. The molecule has 0 saturated heterocycles. The first-order chi connectivity index (χ1) is 6.18. The molecule has 0 fully saturated rings. The molecule has 1 aromatic rings. The Hall–Kier alpha value is -0.640. The molecule has 0 amide bonds. The largest absolute Gasteiger partial charge is 0.384 e. The van der Waals surface area contributed by atoms with Crippen molar-refractivity contribution in [1.29, 1.82) is 0 Å². The maximum Gasteiger partial charge on any atom is 0.265 e. The summed E-state index contributed by atoms with van der Waals surface area (Å²) in [5.41, 5.74) is 1.70. The molecule has 2 rings (SSSR count). The number of halogens is 3. The van der Waals surface area contributed by atoms with E-state index >= 15 is 0 Å². The molecule has 1 aliphatic rings. The lowest BCUT2D eigenvalue weighted by atomic mass is 10.1. The number of hydrogen-bond acceptors (Lipinski definition) is 1. The van der Waals surface area contributed by atoms with Crippen molar-refractivity contribution in [2.45, 2.75) is 12.8 Å². The number of rotatable bonds is 1. The maximum absolute atomic E-state index is 12.5. The number of anilines is 1. The fourth-order valence-electron chi connectivity index (χ4n) is 1.59. The van der Waals surface area contributed by atoms with Crippen LogP contribution in [0.3, 0.4) is 0 Å². The van der Waals surface area contributed by atoms with E-state index in [2.05, 4.69) is 21.2 Å². The van der Waals surface area contributed by atoms with Crippen LogP contribution >= 0.6 is 15.9 Å². The quantitative estimate of drug-likeness (QED) is 0.803. The summed E-state index contributed by atoms with van der Waals surface area (Å²) in [5.74, 6) is 0. The first-order valence-corrected chi connectivity index (χ1v) is 4.82. The van der Waals surface area contributed by atoms with Crippen molar-refractivity contribution < 1.29 is 8.78 Å². The summed E-state index contributed by atoms with van der Waals surface area (Å²) in [6, 6.07) is 3.36. The lowest BCUT2D eigenvalue weighted by molar-refractivity contribution is 0.152. The van der Waals surface area contributed by atoms with Gasteiger partial charge in [0.1, 0.15) is 0 Å². The van der Waals surface area contributed by atoms with Crippen LogP contribution in [-0.4, -0.2) is 6.54 Å². The van der Waals surface area contributed by atoms with Crippen LogP contribution in [0.1, 0.15) is 17.6 Å². The van der Waals surface area contributed by atoms with E-state index in [1.54, 1.807) is 0 Å². The van der Waals surface area contributed by atoms with Gasteiger partial charge in [0.2, 0.25) is 0 Å². The lowest BCUT2D eigenvalue weighted by Crippen LogP contribution is -1.96. The van der Waals surface area contributed by atoms with Gasteiger partial charge in [-0.3, -0.25) is 0 Å². The highest BCUT2D eigenvalue weighted by molar-refractivity contribution is 9.10. The van der Waals surface area contributed by atoms with E-state index in [9.17, 15) is 8.78 Å². The van der Waals surface area contributed by atoms with E-state index in [0.717, 1.165) is 23.0 Å². The molecule has 1 nitrogen and oxygen atoms in total. The van der Waals surface area contributed by atoms with Gasteiger partial charge in [-0.2, -0.15) is 0 Å². The Labute approximate surface area is 83.3 Å². The van der Waals surface area contributed by atoms with Crippen molar-refractivity contribution in [1.82, 2.24) is 0 Å². The van der Waals surface area contributed by atoms with E-state index in [0.29, 0.717) is 5.69 Å². The van der Waals surface area contributed by atoms with Crippen molar-refractivity contribution in [3.05, 3.63) is 27.7 Å². The second-order valence-corrected chi connectivity index (χ2v) is 3.92.